The lowest BCUT2D eigenvalue weighted by Gasteiger charge is -2.50. The number of amides is 1. The monoisotopic (exact) mass is 267 g/mol. The largest absolute Gasteiger partial charge is 0.480 e. The summed E-state index contributed by atoms with van der Waals surface area (Å²) < 4.78 is 5.34. The maximum Gasteiger partial charge on any atom is 0.411 e. The quantitative estimate of drug-likeness (QED) is 0.741. The van der Waals surface area contributed by atoms with Gasteiger partial charge in [0.2, 0.25) is 0 Å². The van der Waals surface area contributed by atoms with E-state index in [1.54, 1.807) is 20.8 Å². The van der Waals surface area contributed by atoms with Crippen LogP contribution in [-0.4, -0.2) is 39.8 Å². The summed E-state index contributed by atoms with van der Waals surface area (Å²) in [5, 5.41) is 9.41. The van der Waals surface area contributed by atoms with E-state index in [1.807, 2.05) is 0 Å². The standard InChI is InChI=1S/C14H21NO4/c1-8-7-9-5-6-10(8)11(12(16)17)15(9)13(18)19-14(2,3)4/h9-11H,1,5-7H2,2-4H3,(H,16,17)/t9-,10+,11+/m0/s1. The van der Waals surface area contributed by atoms with E-state index in [1.165, 1.54) is 4.90 Å². The third kappa shape index (κ3) is 2.60. The fourth-order valence-corrected chi connectivity index (χ4v) is 3.04. The van der Waals surface area contributed by atoms with Crippen LogP contribution >= 0.6 is 0 Å². The molecule has 0 radical (unpaired) electrons. The van der Waals surface area contributed by atoms with Gasteiger partial charge in [-0.2, -0.15) is 0 Å². The minimum Gasteiger partial charge on any atom is -0.480 e. The first-order valence-electron chi connectivity index (χ1n) is 6.62. The van der Waals surface area contributed by atoms with Crippen LogP contribution in [0.25, 0.3) is 0 Å². The van der Waals surface area contributed by atoms with Crippen LogP contribution in [-0.2, 0) is 9.53 Å². The molecule has 19 heavy (non-hydrogen) atoms. The van der Waals surface area contributed by atoms with Gasteiger partial charge in [-0.05, 0) is 40.0 Å². The van der Waals surface area contributed by atoms with Gasteiger partial charge in [-0.15, -0.1) is 0 Å². The summed E-state index contributed by atoms with van der Waals surface area (Å²) in [5.41, 5.74) is 0.330. The number of piperidine rings is 2. The van der Waals surface area contributed by atoms with Gasteiger partial charge in [0.25, 0.3) is 0 Å². The highest BCUT2D eigenvalue weighted by atomic mass is 16.6. The summed E-state index contributed by atoms with van der Waals surface area (Å²) in [5.74, 6) is -1.11. The average Bonchev–Trinajstić information content (AvgIpc) is 2.25. The maximum absolute atomic E-state index is 12.2. The number of nitrogens with zero attached hydrogens (tertiary/aromatic N) is 1. The van der Waals surface area contributed by atoms with Gasteiger partial charge in [0.05, 0.1) is 0 Å². The number of rotatable bonds is 1. The van der Waals surface area contributed by atoms with Crippen LogP contribution in [0.5, 0.6) is 0 Å². The van der Waals surface area contributed by atoms with Crippen molar-refractivity contribution in [2.24, 2.45) is 5.92 Å². The zero-order valence-electron chi connectivity index (χ0n) is 11.7. The van der Waals surface area contributed by atoms with E-state index in [0.29, 0.717) is 6.42 Å². The molecule has 3 rings (SSSR count). The first kappa shape index (κ1) is 13.9. The second-order valence-corrected chi connectivity index (χ2v) is 6.37. The number of carboxylic acids is 1. The van der Waals surface area contributed by atoms with Crippen LogP contribution < -0.4 is 0 Å². The molecule has 3 atom stereocenters. The molecule has 2 heterocycles. The molecule has 1 aliphatic carbocycles. The molecule has 0 spiro atoms. The van der Waals surface area contributed by atoms with Crippen LogP contribution in [0.4, 0.5) is 4.79 Å². The molecule has 5 heteroatoms. The Kier molecular flexibility index (Phi) is 3.32. The fourth-order valence-electron chi connectivity index (χ4n) is 3.04. The SMILES string of the molecule is C=C1C[C@@H]2CC[C@H]1[C@H](C(=O)O)N2C(=O)OC(C)(C)C. The van der Waals surface area contributed by atoms with Gasteiger partial charge in [0, 0.05) is 12.0 Å². The Labute approximate surface area is 113 Å². The Morgan fingerprint density at radius 2 is 2.00 bits per heavy atom. The van der Waals surface area contributed by atoms with Crippen molar-refractivity contribution in [3.63, 3.8) is 0 Å². The van der Waals surface area contributed by atoms with Crippen LogP contribution in [0.2, 0.25) is 0 Å². The van der Waals surface area contributed by atoms with Gasteiger partial charge in [-0.1, -0.05) is 12.2 Å². The normalized spacial score (nSPS) is 30.4. The first-order chi connectivity index (χ1) is 8.70. The first-order valence-corrected chi connectivity index (χ1v) is 6.62. The molecule has 5 nitrogen and oxygen atoms in total. The number of hydrogen-bond donors (Lipinski definition) is 1. The molecule has 2 aliphatic heterocycles. The summed E-state index contributed by atoms with van der Waals surface area (Å²) in [4.78, 5) is 25.1. The van der Waals surface area contributed by atoms with Gasteiger partial charge >= 0.3 is 12.1 Å². The number of aliphatic carboxylic acids is 1. The van der Waals surface area contributed by atoms with Crippen molar-refractivity contribution >= 4 is 12.1 Å². The highest BCUT2D eigenvalue weighted by molar-refractivity contribution is 5.82. The molecule has 3 aliphatic rings. The highest BCUT2D eigenvalue weighted by Crippen LogP contribution is 2.43. The predicted molar refractivity (Wildman–Crippen MR) is 69.8 cm³/mol. The van der Waals surface area contributed by atoms with Crippen LogP contribution in [0, 0.1) is 5.92 Å². The maximum atomic E-state index is 12.2. The summed E-state index contributed by atoms with van der Waals surface area (Å²) in [6.45, 7) is 9.29. The van der Waals surface area contributed by atoms with E-state index in [9.17, 15) is 14.7 Å². The van der Waals surface area contributed by atoms with Gasteiger partial charge in [0.1, 0.15) is 11.6 Å². The topological polar surface area (TPSA) is 66.8 Å². The zero-order valence-corrected chi connectivity index (χ0v) is 11.7. The summed E-state index contributed by atoms with van der Waals surface area (Å²) in [6.07, 6.45) is 1.78. The van der Waals surface area contributed by atoms with Crippen LogP contribution in [0.3, 0.4) is 0 Å². The van der Waals surface area contributed by atoms with Crippen molar-refractivity contribution in [3.8, 4) is 0 Å². The van der Waals surface area contributed by atoms with Crippen molar-refractivity contribution in [1.82, 2.24) is 4.90 Å². The fraction of sp³-hybridized carbons (Fsp3) is 0.714. The van der Waals surface area contributed by atoms with E-state index in [0.717, 1.165) is 18.4 Å². The molecule has 1 saturated carbocycles. The zero-order chi connectivity index (χ0) is 14.4. The number of carbonyl (C=O) groups is 2. The summed E-state index contributed by atoms with van der Waals surface area (Å²) >= 11 is 0. The van der Waals surface area contributed by atoms with Gasteiger partial charge < -0.3 is 9.84 Å². The summed E-state index contributed by atoms with van der Waals surface area (Å²) in [6, 6.07) is -0.914. The van der Waals surface area contributed by atoms with Gasteiger partial charge in [-0.3, -0.25) is 4.90 Å². The lowest BCUT2D eigenvalue weighted by atomic mass is 9.72. The van der Waals surface area contributed by atoms with E-state index < -0.39 is 23.7 Å². The minimum absolute atomic E-state index is 0.0894. The second-order valence-electron chi connectivity index (χ2n) is 6.37. The molecular weight excluding hydrogens is 246 g/mol. The Morgan fingerprint density at radius 3 is 2.47 bits per heavy atom. The number of ether oxygens (including phenoxy) is 1. The van der Waals surface area contributed by atoms with Gasteiger partial charge in [0.15, 0.2) is 0 Å². The van der Waals surface area contributed by atoms with Crippen LogP contribution in [0.1, 0.15) is 40.0 Å². The third-order valence-electron chi connectivity index (χ3n) is 3.76. The number of fused-ring (bicyclic) bond motifs is 3. The molecule has 2 bridgehead atoms. The van der Waals surface area contributed by atoms with E-state index in [2.05, 4.69) is 6.58 Å². The smallest absolute Gasteiger partial charge is 0.411 e. The number of carbonyl (C=O) groups excluding carboxylic acids is 1. The van der Waals surface area contributed by atoms with Crippen molar-refractivity contribution in [2.75, 3.05) is 0 Å². The summed E-state index contributed by atoms with van der Waals surface area (Å²) in [7, 11) is 0. The third-order valence-corrected chi connectivity index (χ3v) is 3.76. The average molecular weight is 267 g/mol. The Balaban J connectivity index is 2.25. The Bertz CT molecular complexity index is 424. The van der Waals surface area contributed by atoms with Crippen molar-refractivity contribution in [3.05, 3.63) is 12.2 Å². The minimum atomic E-state index is -0.971. The number of carboxylic acid groups (broad SMARTS) is 1. The molecule has 0 aromatic rings. The van der Waals surface area contributed by atoms with E-state index in [-0.39, 0.29) is 12.0 Å². The lowest BCUT2D eigenvalue weighted by Crippen LogP contribution is -2.61. The highest BCUT2D eigenvalue weighted by Gasteiger charge is 2.50. The predicted octanol–water partition coefficient (Wildman–Crippen LogP) is 2.42. The molecule has 2 saturated heterocycles. The Hall–Kier alpha value is -1.52. The lowest BCUT2D eigenvalue weighted by molar-refractivity contribution is -0.149. The molecular formula is C14H21NO4. The van der Waals surface area contributed by atoms with Crippen LogP contribution in [0.15, 0.2) is 12.2 Å². The Morgan fingerprint density at radius 1 is 1.37 bits per heavy atom. The van der Waals surface area contributed by atoms with Gasteiger partial charge in [-0.25, -0.2) is 9.59 Å². The molecule has 1 N–H and O–H groups in total. The second kappa shape index (κ2) is 4.54. The molecule has 0 aromatic carbocycles. The van der Waals surface area contributed by atoms with E-state index in [4.69, 9.17) is 4.74 Å². The molecule has 106 valence electrons. The van der Waals surface area contributed by atoms with Crippen molar-refractivity contribution in [2.45, 2.75) is 57.7 Å². The molecule has 0 unspecified atom stereocenters. The molecule has 3 fully saturated rings. The van der Waals surface area contributed by atoms with E-state index >= 15 is 0 Å². The van der Waals surface area contributed by atoms with Crippen molar-refractivity contribution in [1.29, 1.82) is 0 Å². The molecule has 0 aromatic heterocycles. The number of hydrogen-bond acceptors (Lipinski definition) is 3. The van der Waals surface area contributed by atoms with Crippen molar-refractivity contribution < 1.29 is 19.4 Å². The molecule has 1 amide bonds.